The van der Waals surface area contributed by atoms with Gasteiger partial charge in [0.2, 0.25) is 5.91 Å². The summed E-state index contributed by atoms with van der Waals surface area (Å²) in [5, 5.41) is 2.71. The fourth-order valence-corrected chi connectivity index (χ4v) is 1.49. The van der Waals surface area contributed by atoms with Crippen molar-refractivity contribution in [1.82, 2.24) is 14.9 Å². The highest BCUT2D eigenvalue weighted by Gasteiger charge is 1.98. The van der Waals surface area contributed by atoms with Crippen LogP contribution in [0.15, 0.2) is 12.4 Å². The molecule has 0 bridgehead atoms. The molecule has 1 N–H and O–H groups in total. The number of carbonyl (C=O) groups excluding carboxylic acids is 1. The first kappa shape index (κ1) is 21.2. The van der Waals surface area contributed by atoms with Crippen LogP contribution in [-0.2, 0) is 11.3 Å². The van der Waals surface area contributed by atoms with E-state index in [9.17, 15) is 4.79 Å². The summed E-state index contributed by atoms with van der Waals surface area (Å²) in [6.07, 6.45) is 3.42. The maximum absolute atomic E-state index is 10.9. The summed E-state index contributed by atoms with van der Waals surface area (Å²) in [5.74, 6) is 41.6. The lowest BCUT2D eigenvalue weighted by Crippen LogP contribution is -2.24. The van der Waals surface area contributed by atoms with Crippen molar-refractivity contribution in [2.24, 2.45) is 0 Å². The molecule has 130 valence electrons. The Balaban J connectivity index is 2.52. The average molecular weight is 359 g/mol. The molecule has 1 rings (SSSR count). The normalized spacial score (nSPS) is 6.50. The topological polar surface area (TPSA) is 46.9 Å². The molecule has 0 saturated heterocycles. The number of amides is 1. The molecule has 0 fully saturated rings. The van der Waals surface area contributed by atoms with E-state index in [1.165, 1.54) is 6.92 Å². The van der Waals surface area contributed by atoms with Gasteiger partial charge in [0.15, 0.2) is 5.82 Å². The van der Waals surface area contributed by atoms with Gasteiger partial charge in [-0.05, 0) is 95.7 Å². The number of imidazole rings is 1. The third-order valence-electron chi connectivity index (χ3n) is 2.55. The predicted octanol–water partition coefficient (Wildman–Crippen LogP) is 0.414. The SMILES string of the molecule is CC#CC#CC#CC#CC#CC#CC#CC#Cc1nccn1CCNC(C)=O. The van der Waals surface area contributed by atoms with E-state index in [2.05, 4.69) is 105 Å². The number of nitrogens with zero attached hydrogens (tertiary/aromatic N) is 2. The number of aromatic nitrogens is 2. The van der Waals surface area contributed by atoms with Gasteiger partial charge in [-0.3, -0.25) is 4.79 Å². The van der Waals surface area contributed by atoms with Crippen LogP contribution in [0, 0.1) is 94.7 Å². The molecule has 0 saturated carbocycles. The number of nitrogens with one attached hydrogen (secondary N) is 1. The minimum absolute atomic E-state index is 0.0776. The molecule has 28 heavy (non-hydrogen) atoms. The Kier molecular flexibility index (Phi) is 11.0. The summed E-state index contributed by atoms with van der Waals surface area (Å²) in [5.41, 5.74) is 0. The average Bonchev–Trinajstić information content (AvgIpc) is 3.12. The quantitative estimate of drug-likeness (QED) is 0.795. The van der Waals surface area contributed by atoms with E-state index in [4.69, 9.17) is 0 Å². The van der Waals surface area contributed by atoms with Gasteiger partial charge < -0.3 is 9.88 Å². The van der Waals surface area contributed by atoms with Crippen LogP contribution >= 0.6 is 0 Å². The van der Waals surface area contributed by atoms with Crippen molar-refractivity contribution in [3.63, 3.8) is 0 Å². The first-order valence-electron chi connectivity index (χ1n) is 7.92. The van der Waals surface area contributed by atoms with Crippen LogP contribution in [0.25, 0.3) is 0 Å². The van der Waals surface area contributed by atoms with E-state index in [-0.39, 0.29) is 5.91 Å². The summed E-state index contributed by atoms with van der Waals surface area (Å²) in [6, 6.07) is 0. The van der Waals surface area contributed by atoms with Gasteiger partial charge in [-0.2, -0.15) is 0 Å². The molecule has 0 unspecified atom stereocenters. The van der Waals surface area contributed by atoms with Crippen molar-refractivity contribution in [2.45, 2.75) is 20.4 Å². The maximum atomic E-state index is 10.9. The second kappa shape index (κ2) is 14.5. The highest BCUT2D eigenvalue weighted by atomic mass is 16.1. The second-order valence-electron chi connectivity index (χ2n) is 4.55. The van der Waals surface area contributed by atoms with Crippen LogP contribution in [0.1, 0.15) is 19.7 Å². The molecule has 0 spiro atoms. The van der Waals surface area contributed by atoms with Crippen LogP contribution in [-0.4, -0.2) is 22.0 Å². The Morgan fingerprint density at radius 1 is 0.893 bits per heavy atom. The molecule has 0 atom stereocenters. The number of hydrogen-bond acceptors (Lipinski definition) is 2. The highest BCUT2D eigenvalue weighted by Crippen LogP contribution is 1.94. The van der Waals surface area contributed by atoms with E-state index in [0.717, 1.165) is 0 Å². The lowest BCUT2D eigenvalue weighted by molar-refractivity contribution is -0.118. The molecule has 0 aliphatic heterocycles. The summed E-state index contributed by atoms with van der Waals surface area (Å²) in [4.78, 5) is 15.0. The molecular formula is C24H13N3O. The highest BCUT2D eigenvalue weighted by molar-refractivity contribution is 5.72. The fraction of sp³-hybridized carbons (Fsp3) is 0.167. The Morgan fingerprint density at radius 2 is 1.39 bits per heavy atom. The first-order valence-corrected chi connectivity index (χ1v) is 7.92. The Hall–Kier alpha value is -4.84. The van der Waals surface area contributed by atoms with E-state index in [1.54, 1.807) is 19.3 Å². The van der Waals surface area contributed by atoms with Crippen LogP contribution < -0.4 is 5.32 Å². The van der Waals surface area contributed by atoms with Crippen LogP contribution in [0.3, 0.4) is 0 Å². The van der Waals surface area contributed by atoms with Gasteiger partial charge in [0.05, 0.1) is 0 Å². The summed E-state index contributed by atoms with van der Waals surface area (Å²) < 4.78 is 1.83. The Morgan fingerprint density at radius 3 is 1.89 bits per heavy atom. The smallest absolute Gasteiger partial charge is 0.216 e. The van der Waals surface area contributed by atoms with Crippen molar-refractivity contribution in [3.8, 4) is 94.7 Å². The monoisotopic (exact) mass is 359 g/mol. The van der Waals surface area contributed by atoms with E-state index in [1.807, 2.05) is 4.57 Å². The molecule has 1 heterocycles. The van der Waals surface area contributed by atoms with E-state index >= 15 is 0 Å². The molecule has 0 aliphatic carbocycles. The standard InChI is InChI=1S/C24H13N3O/c1-3-4-5-6-7-8-9-10-11-12-13-14-15-16-17-18-24-26-20-22-27(24)21-19-25-23(2)28/h20,22H,19,21H2,1-2H3,(H,25,28). The number of rotatable bonds is 3. The molecule has 1 aromatic heterocycles. The summed E-state index contributed by atoms with van der Waals surface area (Å²) in [6.45, 7) is 4.25. The summed E-state index contributed by atoms with van der Waals surface area (Å²) in [7, 11) is 0. The molecule has 1 aromatic rings. The zero-order valence-corrected chi connectivity index (χ0v) is 15.4. The van der Waals surface area contributed by atoms with Crippen LogP contribution in [0.4, 0.5) is 0 Å². The third kappa shape index (κ3) is 10.8. The van der Waals surface area contributed by atoms with Gasteiger partial charge in [-0.15, -0.1) is 0 Å². The molecule has 0 radical (unpaired) electrons. The molecule has 0 aliphatic rings. The molecule has 4 heteroatoms. The van der Waals surface area contributed by atoms with Gasteiger partial charge >= 0.3 is 0 Å². The number of carbonyl (C=O) groups is 1. The lowest BCUT2D eigenvalue weighted by atomic mass is 10.4. The zero-order valence-electron chi connectivity index (χ0n) is 15.4. The first-order chi connectivity index (χ1) is 13.7. The van der Waals surface area contributed by atoms with Crippen LogP contribution in [0.5, 0.6) is 0 Å². The Bertz CT molecular complexity index is 1220. The minimum atomic E-state index is -0.0776. The van der Waals surface area contributed by atoms with Crippen molar-refractivity contribution in [3.05, 3.63) is 18.2 Å². The largest absolute Gasteiger partial charge is 0.355 e. The fourth-order valence-electron chi connectivity index (χ4n) is 1.49. The second-order valence-corrected chi connectivity index (χ2v) is 4.55. The third-order valence-corrected chi connectivity index (χ3v) is 2.55. The van der Waals surface area contributed by atoms with Crippen molar-refractivity contribution >= 4 is 5.91 Å². The zero-order chi connectivity index (χ0) is 20.3. The minimum Gasteiger partial charge on any atom is -0.355 e. The van der Waals surface area contributed by atoms with E-state index in [0.29, 0.717) is 18.9 Å². The maximum Gasteiger partial charge on any atom is 0.216 e. The molecule has 1 amide bonds. The van der Waals surface area contributed by atoms with Crippen molar-refractivity contribution in [1.29, 1.82) is 0 Å². The van der Waals surface area contributed by atoms with Gasteiger partial charge in [0.25, 0.3) is 0 Å². The lowest BCUT2D eigenvalue weighted by Gasteiger charge is -2.04. The van der Waals surface area contributed by atoms with Crippen LogP contribution in [0.2, 0.25) is 0 Å². The predicted molar refractivity (Wildman–Crippen MR) is 108 cm³/mol. The van der Waals surface area contributed by atoms with Gasteiger partial charge in [-0.25, -0.2) is 4.98 Å². The van der Waals surface area contributed by atoms with Gasteiger partial charge in [-0.1, -0.05) is 5.92 Å². The van der Waals surface area contributed by atoms with Gasteiger partial charge in [0.1, 0.15) is 0 Å². The van der Waals surface area contributed by atoms with Crippen molar-refractivity contribution < 1.29 is 4.79 Å². The Labute approximate surface area is 165 Å². The molecule has 0 aromatic carbocycles. The number of hydrogen-bond donors (Lipinski definition) is 1. The summed E-state index contributed by atoms with van der Waals surface area (Å²) >= 11 is 0. The van der Waals surface area contributed by atoms with E-state index < -0.39 is 0 Å². The molecule has 4 nitrogen and oxygen atoms in total. The van der Waals surface area contributed by atoms with Crippen molar-refractivity contribution in [2.75, 3.05) is 6.54 Å². The van der Waals surface area contributed by atoms with Gasteiger partial charge in [0, 0.05) is 32.4 Å². The molecular weight excluding hydrogens is 346 g/mol.